The number of anilines is 1. The number of aromatic amines is 1. The molecule has 0 spiro atoms. The third-order valence-corrected chi connectivity index (χ3v) is 8.42. The molecule has 3 rings (SSSR count). The molecule has 0 bridgehead atoms. The Labute approximate surface area is 257 Å². The van der Waals surface area contributed by atoms with Crippen molar-refractivity contribution < 1.29 is 9.53 Å². The van der Waals surface area contributed by atoms with Crippen molar-refractivity contribution in [3.8, 4) is 0 Å². The molecule has 1 unspecified atom stereocenters. The minimum Gasteiger partial charge on any atom is -0.381 e. The lowest BCUT2D eigenvalue weighted by Gasteiger charge is -2.37. The van der Waals surface area contributed by atoms with E-state index >= 15 is 0 Å². The van der Waals surface area contributed by atoms with Gasteiger partial charge < -0.3 is 36.3 Å². The van der Waals surface area contributed by atoms with Gasteiger partial charge in [0.05, 0.1) is 0 Å². The summed E-state index contributed by atoms with van der Waals surface area (Å²) in [6.45, 7) is 16.6. The van der Waals surface area contributed by atoms with Gasteiger partial charge in [0, 0.05) is 74.0 Å². The van der Waals surface area contributed by atoms with E-state index in [1.165, 1.54) is 0 Å². The highest BCUT2D eigenvalue weighted by atomic mass is 16.5. The van der Waals surface area contributed by atoms with Gasteiger partial charge in [0.15, 0.2) is 0 Å². The van der Waals surface area contributed by atoms with Crippen LogP contribution in [-0.4, -0.2) is 74.3 Å². The van der Waals surface area contributed by atoms with E-state index < -0.39 is 0 Å². The van der Waals surface area contributed by atoms with Crippen LogP contribution >= 0.6 is 0 Å². The summed E-state index contributed by atoms with van der Waals surface area (Å²) < 4.78 is 5.65. The Morgan fingerprint density at radius 1 is 1.21 bits per heavy atom. The third kappa shape index (κ3) is 9.13. The zero-order chi connectivity index (χ0) is 31.5. The molecule has 1 aromatic heterocycles. The van der Waals surface area contributed by atoms with Crippen LogP contribution in [0.5, 0.6) is 0 Å². The Balaban J connectivity index is 2.01. The van der Waals surface area contributed by atoms with Gasteiger partial charge in [-0.15, -0.1) is 0 Å². The van der Waals surface area contributed by atoms with Gasteiger partial charge in [-0.1, -0.05) is 18.7 Å². The van der Waals surface area contributed by atoms with Crippen LogP contribution in [0, 0.1) is 20.8 Å². The fraction of sp³-hybridized carbons (Fsp3) is 0.529. The molecule has 9 nitrogen and oxygen atoms in total. The van der Waals surface area contributed by atoms with Crippen LogP contribution in [0.2, 0.25) is 0 Å². The monoisotopic (exact) mass is 592 g/mol. The Hall–Kier alpha value is -3.24. The number of hydrogen-bond donors (Lipinski definition) is 4. The predicted molar refractivity (Wildman–Crippen MR) is 178 cm³/mol. The molecular formula is C34H52N6O3. The molecule has 0 aliphatic carbocycles. The molecule has 1 amide bonds. The van der Waals surface area contributed by atoms with Crippen molar-refractivity contribution in [1.82, 2.24) is 15.2 Å². The van der Waals surface area contributed by atoms with Gasteiger partial charge in [0.2, 0.25) is 0 Å². The predicted octanol–water partition coefficient (Wildman–Crippen LogP) is 3.80. The largest absolute Gasteiger partial charge is 0.381 e. The lowest BCUT2D eigenvalue weighted by Crippen LogP contribution is -2.40. The van der Waals surface area contributed by atoms with E-state index in [0.717, 1.165) is 92.2 Å². The molecule has 1 atom stereocenters. The third-order valence-electron chi connectivity index (χ3n) is 8.42. The lowest BCUT2D eigenvalue weighted by molar-refractivity contribution is 0.0845. The van der Waals surface area contributed by atoms with Gasteiger partial charge in [-0.05, 0) is 107 Å². The Kier molecular flexibility index (Phi) is 13.2. The highest BCUT2D eigenvalue weighted by molar-refractivity contribution is 5.98. The number of rotatable bonds is 15. The van der Waals surface area contributed by atoms with E-state index in [9.17, 15) is 9.59 Å². The number of carbonyl (C=O) groups is 1. The molecule has 6 N–H and O–H groups in total. The summed E-state index contributed by atoms with van der Waals surface area (Å²) in [6.07, 6.45) is 7.29. The average Bonchev–Trinajstić information content (AvgIpc) is 2.97. The lowest BCUT2D eigenvalue weighted by atomic mass is 9.90. The molecule has 9 heteroatoms. The minimum atomic E-state index is -0.234. The van der Waals surface area contributed by atoms with Crippen molar-refractivity contribution >= 4 is 17.2 Å². The van der Waals surface area contributed by atoms with Gasteiger partial charge in [-0.3, -0.25) is 9.59 Å². The highest BCUT2D eigenvalue weighted by Crippen LogP contribution is 2.33. The maximum Gasteiger partial charge on any atom is 0.253 e. The Morgan fingerprint density at radius 2 is 1.93 bits per heavy atom. The van der Waals surface area contributed by atoms with Gasteiger partial charge in [-0.2, -0.15) is 0 Å². The van der Waals surface area contributed by atoms with E-state index in [-0.39, 0.29) is 24.1 Å². The molecule has 0 radical (unpaired) electrons. The second kappa shape index (κ2) is 16.6. The topological polar surface area (TPSA) is 130 Å². The minimum absolute atomic E-state index is 0.141. The number of hydrogen-bond acceptors (Lipinski definition) is 7. The number of likely N-dealkylation sites (N-methyl/N-ethyl adjacent to an activating group) is 1. The molecule has 1 aliphatic rings. The highest BCUT2D eigenvalue weighted by Gasteiger charge is 2.26. The molecule has 236 valence electrons. The standard InChI is InChI=1S/C34H52N6O3/c1-7-10-28(31(36)11-9-15-39(6)16-14-35)26-20-29(33(41)37-22-30-23(3)19-24(4)38-34(30)42)25(5)32(21-26)40(8-2)27-12-17-43-18-13-27/h7,10,19-21,27,31H,1,8-9,11-18,22,35-36H2,2-6H3,(H,37,41)(H,38,42)/b28-10-. The quantitative estimate of drug-likeness (QED) is 0.232. The van der Waals surface area contributed by atoms with Gasteiger partial charge in [0.1, 0.15) is 0 Å². The number of benzene rings is 1. The summed E-state index contributed by atoms with van der Waals surface area (Å²) >= 11 is 0. The van der Waals surface area contributed by atoms with E-state index in [1.807, 2.05) is 39.0 Å². The van der Waals surface area contributed by atoms with Crippen LogP contribution in [0.3, 0.4) is 0 Å². The number of aromatic nitrogens is 1. The maximum atomic E-state index is 13.8. The number of allylic oxidation sites excluding steroid dienone is 2. The summed E-state index contributed by atoms with van der Waals surface area (Å²) in [6, 6.07) is 6.11. The van der Waals surface area contributed by atoms with Gasteiger partial charge >= 0.3 is 0 Å². The van der Waals surface area contributed by atoms with Crippen LogP contribution in [0.15, 0.2) is 41.7 Å². The number of H-pyrrole nitrogens is 1. The van der Waals surface area contributed by atoms with Gasteiger partial charge in [-0.25, -0.2) is 0 Å². The smallest absolute Gasteiger partial charge is 0.253 e. The molecule has 1 aliphatic heterocycles. The summed E-state index contributed by atoms with van der Waals surface area (Å²) in [4.78, 5) is 33.9. The number of aryl methyl sites for hydroxylation is 2. The first kappa shape index (κ1) is 34.3. The van der Waals surface area contributed by atoms with Crippen molar-refractivity contribution in [3.05, 3.63) is 80.8 Å². The average molecular weight is 593 g/mol. The summed E-state index contributed by atoms with van der Waals surface area (Å²) in [5.41, 5.74) is 18.9. The number of nitrogens with zero attached hydrogens (tertiary/aromatic N) is 2. The Bertz CT molecular complexity index is 1330. The molecular weight excluding hydrogens is 540 g/mol. The second-order valence-corrected chi connectivity index (χ2v) is 11.6. The fourth-order valence-electron chi connectivity index (χ4n) is 6.02. The molecule has 2 aromatic rings. The zero-order valence-electron chi connectivity index (χ0n) is 26.8. The summed E-state index contributed by atoms with van der Waals surface area (Å²) in [7, 11) is 2.07. The number of pyridine rings is 1. The molecule has 1 aromatic carbocycles. The molecule has 0 saturated carbocycles. The van der Waals surface area contributed by atoms with Crippen LogP contribution in [0.1, 0.15) is 70.9 Å². The molecule has 43 heavy (non-hydrogen) atoms. The van der Waals surface area contributed by atoms with E-state index in [1.54, 1.807) is 6.08 Å². The van der Waals surface area contributed by atoms with Crippen molar-refractivity contribution in [2.45, 2.75) is 72.0 Å². The van der Waals surface area contributed by atoms with Crippen LogP contribution in [0.25, 0.3) is 5.57 Å². The second-order valence-electron chi connectivity index (χ2n) is 11.6. The van der Waals surface area contributed by atoms with E-state index in [2.05, 4.69) is 46.7 Å². The number of ether oxygens (including phenoxy) is 1. The van der Waals surface area contributed by atoms with Crippen LogP contribution < -0.4 is 27.2 Å². The van der Waals surface area contributed by atoms with Crippen molar-refractivity contribution in [2.75, 3.05) is 51.3 Å². The van der Waals surface area contributed by atoms with Crippen molar-refractivity contribution in [3.63, 3.8) is 0 Å². The number of carbonyl (C=O) groups excluding carboxylic acids is 1. The normalized spacial score (nSPS) is 15.0. The van der Waals surface area contributed by atoms with Crippen molar-refractivity contribution in [1.29, 1.82) is 0 Å². The first-order chi connectivity index (χ1) is 20.6. The maximum absolute atomic E-state index is 13.8. The first-order valence-electron chi connectivity index (χ1n) is 15.5. The molecule has 1 fully saturated rings. The number of nitrogens with two attached hydrogens (primary N) is 2. The SMILES string of the molecule is C=C/C=C(/c1cc(C(=O)NCc2c(C)cc(C)[nH]c2=O)c(C)c(N(CC)C2CCOCC2)c1)C(N)CCCN(C)CCN. The number of nitrogens with one attached hydrogen (secondary N) is 2. The van der Waals surface area contributed by atoms with Crippen molar-refractivity contribution in [2.24, 2.45) is 11.5 Å². The van der Waals surface area contributed by atoms with E-state index in [4.69, 9.17) is 16.2 Å². The summed E-state index contributed by atoms with van der Waals surface area (Å²) in [5.74, 6) is -0.224. The van der Waals surface area contributed by atoms with Crippen LogP contribution in [0.4, 0.5) is 5.69 Å². The fourth-order valence-corrected chi connectivity index (χ4v) is 6.02. The number of amides is 1. The summed E-state index contributed by atoms with van der Waals surface area (Å²) in [5, 5.41) is 3.02. The molecule has 1 saturated heterocycles. The van der Waals surface area contributed by atoms with E-state index in [0.29, 0.717) is 23.7 Å². The first-order valence-corrected chi connectivity index (χ1v) is 15.5. The zero-order valence-corrected chi connectivity index (χ0v) is 26.8. The molecule has 2 heterocycles. The van der Waals surface area contributed by atoms with Gasteiger partial charge in [0.25, 0.3) is 11.5 Å². The Morgan fingerprint density at radius 3 is 2.56 bits per heavy atom. The van der Waals surface area contributed by atoms with Crippen LogP contribution in [-0.2, 0) is 11.3 Å².